The van der Waals surface area contributed by atoms with Gasteiger partial charge in [-0.1, -0.05) is 23.2 Å². The first-order valence-electron chi connectivity index (χ1n) is 9.04. The standard InChI is InChI=1S/C21H18Cl2O6S/c1-12(24)28-19-10-17(29-21(26)14-4-8-16(23)9-5-14)18(30-19)11-27-20(25)13-2-6-15(22)7-3-13/h2-9,17-19H,10-11H2,1H3/t17-,18+,19?/m1/s1. The highest BCUT2D eigenvalue weighted by atomic mass is 35.5. The zero-order valence-corrected chi connectivity index (χ0v) is 18.2. The maximum atomic E-state index is 12.5. The Bertz CT molecular complexity index is 916. The van der Waals surface area contributed by atoms with Gasteiger partial charge < -0.3 is 14.2 Å². The Hall–Kier alpha value is -2.22. The molecule has 0 radical (unpaired) electrons. The van der Waals surface area contributed by atoms with Gasteiger partial charge in [0.1, 0.15) is 12.7 Å². The minimum absolute atomic E-state index is 0.0115. The molecular formula is C21H18Cl2O6S. The highest BCUT2D eigenvalue weighted by molar-refractivity contribution is 8.00. The summed E-state index contributed by atoms with van der Waals surface area (Å²) in [5.74, 6) is -1.49. The minimum Gasteiger partial charge on any atom is -0.461 e. The van der Waals surface area contributed by atoms with Crippen molar-refractivity contribution in [1.82, 2.24) is 0 Å². The average molecular weight is 469 g/mol. The van der Waals surface area contributed by atoms with Crippen molar-refractivity contribution >= 4 is 52.9 Å². The normalized spacial score (nSPS) is 20.4. The van der Waals surface area contributed by atoms with E-state index in [0.717, 1.165) is 0 Å². The summed E-state index contributed by atoms with van der Waals surface area (Å²) < 4.78 is 16.2. The second-order valence-electron chi connectivity index (χ2n) is 6.51. The predicted octanol–water partition coefficient (Wildman–Crippen LogP) is 4.77. The van der Waals surface area contributed by atoms with Gasteiger partial charge in [-0.15, -0.1) is 11.8 Å². The van der Waals surface area contributed by atoms with Crippen molar-refractivity contribution in [3.05, 3.63) is 69.7 Å². The Morgan fingerprint density at radius 2 is 1.43 bits per heavy atom. The van der Waals surface area contributed by atoms with Crippen LogP contribution >= 0.6 is 35.0 Å². The molecule has 0 spiro atoms. The number of thioether (sulfide) groups is 1. The molecule has 158 valence electrons. The quantitative estimate of drug-likeness (QED) is 0.446. The van der Waals surface area contributed by atoms with E-state index in [4.69, 9.17) is 37.4 Å². The van der Waals surface area contributed by atoms with Crippen LogP contribution in [-0.4, -0.2) is 41.3 Å². The Morgan fingerprint density at radius 1 is 0.900 bits per heavy atom. The van der Waals surface area contributed by atoms with Crippen LogP contribution in [0.15, 0.2) is 48.5 Å². The molecule has 0 bridgehead atoms. The second kappa shape index (κ2) is 10.2. The van der Waals surface area contributed by atoms with E-state index < -0.39 is 29.4 Å². The number of carbonyl (C=O) groups is 3. The SMILES string of the molecule is CC(=O)OC1C[C@@H](OC(=O)c2ccc(Cl)cc2)[C@H](COC(=O)c2ccc(Cl)cc2)S1. The summed E-state index contributed by atoms with van der Waals surface area (Å²) in [4.78, 5) is 36.1. The lowest BCUT2D eigenvalue weighted by molar-refractivity contribution is -0.142. The molecule has 1 saturated heterocycles. The van der Waals surface area contributed by atoms with Crippen LogP contribution in [0, 0.1) is 0 Å². The van der Waals surface area contributed by atoms with Crippen LogP contribution in [0.2, 0.25) is 10.0 Å². The smallest absolute Gasteiger partial charge is 0.338 e. The molecule has 1 heterocycles. The fraction of sp³-hybridized carbons (Fsp3) is 0.286. The lowest BCUT2D eigenvalue weighted by Gasteiger charge is -2.19. The van der Waals surface area contributed by atoms with Gasteiger partial charge in [0.05, 0.1) is 16.4 Å². The van der Waals surface area contributed by atoms with Crippen molar-refractivity contribution in [2.75, 3.05) is 6.61 Å². The number of halogens is 2. The molecule has 6 nitrogen and oxygen atoms in total. The molecule has 0 saturated carbocycles. The summed E-state index contributed by atoms with van der Waals surface area (Å²) in [5, 5.41) is 0.628. The van der Waals surface area contributed by atoms with E-state index in [1.807, 2.05) is 0 Å². The van der Waals surface area contributed by atoms with Crippen LogP contribution in [0.25, 0.3) is 0 Å². The molecular weight excluding hydrogens is 451 g/mol. The van der Waals surface area contributed by atoms with E-state index >= 15 is 0 Å². The monoisotopic (exact) mass is 468 g/mol. The van der Waals surface area contributed by atoms with Gasteiger partial charge in [-0.05, 0) is 48.5 Å². The van der Waals surface area contributed by atoms with Crippen LogP contribution in [0.3, 0.4) is 0 Å². The van der Waals surface area contributed by atoms with E-state index in [2.05, 4.69) is 0 Å². The lowest BCUT2D eigenvalue weighted by Crippen LogP contribution is -2.29. The molecule has 0 N–H and O–H groups in total. The first-order valence-corrected chi connectivity index (χ1v) is 10.7. The second-order valence-corrected chi connectivity index (χ2v) is 8.78. The van der Waals surface area contributed by atoms with Gasteiger partial charge >= 0.3 is 17.9 Å². The van der Waals surface area contributed by atoms with Crippen LogP contribution in [0.5, 0.6) is 0 Å². The van der Waals surface area contributed by atoms with Crippen LogP contribution in [0.4, 0.5) is 0 Å². The fourth-order valence-corrected chi connectivity index (χ4v) is 4.45. The summed E-state index contributed by atoms with van der Waals surface area (Å²) in [6.07, 6.45) is -0.298. The molecule has 0 aromatic heterocycles. The van der Waals surface area contributed by atoms with Gasteiger partial charge in [-0.3, -0.25) is 4.79 Å². The lowest BCUT2D eigenvalue weighted by atomic mass is 10.2. The molecule has 30 heavy (non-hydrogen) atoms. The zero-order valence-electron chi connectivity index (χ0n) is 15.9. The summed E-state index contributed by atoms with van der Waals surface area (Å²) in [6, 6.07) is 12.6. The zero-order chi connectivity index (χ0) is 21.7. The molecule has 2 aromatic carbocycles. The molecule has 0 aliphatic carbocycles. The van der Waals surface area contributed by atoms with Crippen molar-refractivity contribution in [3.8, 4) is 0 Å². The molecule has 1 fully saturated rings. The first-order chi connectivity index (χ1) is 14.3. The number of esters is 3. The average Bonchev–Trinajstić information content (AvgIpc) is 3.07. The van der Waals surface area contributed by atoms with Crippen molar-refractivity contribution in [3.63, 3.8) is 0 Å². The molecule has 1 unspecified atom stereocenters. The van der Waals surface area contributed by atoms with Crippen molar-refractivity contribution in [2.45, 2.75) is 30.1 Å². The number of rotatable bonds is 6. The van der Waals surface area contributed by atoms with Crippen LogP contribution in [-0.2, 0) is 19.0 Å². The molecule has 3 atom stereocenters. The largest absolute Gasteiger partial charge is 0.461 e. The van der Waals surface area contributed by atoms with Gasteiger partial charge in [-0.2, -0.15) is 0 Å². The molecule has 2 aromatic rings. The van der Waals surface area contributed by atoms with Crippen molar-refractivity contribution < 1.29 is 28.6 Å². The molecule has 3 rings (SSSR count). The maximum absolute atomic E-state index is 12.5. The van der Waals surface area contributed by atoms with Crippen molar-refractivity contribution in [2.24, 2.45) is 0 Å². The van der Waals surface area contributed by atoms with Gasteiger partial charge in [0.15, 0.2) is 5.44 Å². The number of hydrogen-bond acceptors (Lipinski definition) is 7. The van der Waals surface area contributed by atoms with E-state index in [-0.39, 0.29) is 11.9 Å². The molecule has 1 aliphatic heterocycles. The number of hydrogen-bond donors (Lipinski definition) is 0. The van der Waals surface area contributed by atoms with Crippen molar-refractivity contribution in [1.29, 1.82) is 0 Å². The third-order valence-corrected chi connectivity index (χ3v) is 6.15. The van der Waals surface area contributed by atoms with Crippen LogP contribution < -0.4 is 0 Å². The Kier molecular flexibility index (Phi) is 7.64. The highest BCUT2D eigenvalue weighted by Gasteiger charge is 2.40. The van der Waals surface area contributed by atoms with E-state index in [1.165, 1.54) is 18.7 Å². The van der Waals surface area contributed by atoms with Gasteiger partial charge in [0.25, 0.3) is 0 Å². The Labute approximate surface area is 187 Å². The third kappa shape index (κ3) is 6.14. The summed E-state index contributed by atoms with van der Waals surface area (Å²) in [7, 11) is 0. The predicted molar refractivity (Wildman–Crippen MR) is 114 cm³/mol. The highest BCUT2D eigenvalue weighted by Crippen LogP contribution is 2.37. The van der Waals surface area contributed by atoms with Gasteiger partial charge in [-0.25, -0.2) is 9.59 Å². The third-order valence-electron chi connectivity index (χ3n) is 4.26. The number of carbonyl (C=O) groups excluding carboxylic acids is 3. The number of ether oxygens (including phenoxy) is 3. The number of benzene rings is 2. The summed E-state index contributed by atoms with van der Waals surface area (Å²) in [6.45, 7) is 1.30. The minimum atomic E-state index is -0.597. The Morgan fingerprint density at radius 3 is 1.97 bits per heavy atom. The summed E-state index contributed by atoms with van der Waals surface area (Å²) in [5.41, 5.74) is 0.204. The fourth-order valence-electron chi connectivity index (χ4n) is 2.83. The molecule has 9 heteroatoms. The van der Waals surface area contributed by atoms with E-state index in [9.17, 15) is 14.4 Å². The van der Waals surface area contributed by atoms with Gasteiger partial charge in [0.2, 0.25) is 0 Å². The molecule has 0 amide bonds. The first kappa shape index (κ1) is 22.5. The van der Waals surface area contributed by atoms with E-state index in [1.54, 1.807) is 48.5 Å². The summed E-state index contributed by atoms with van der Waals surface area (Å²) >= 11 is 13.0. The Balaban J connectivity index is 1.65. The van der Waals surface area contributed by atoms with E-state index in [0.29, 0.717) is 27.6 Å². The van der Waals surface area contributed by atoms with Gasteiger partial charge in [0, 0.05) is 23.4 Å². The molecule has 1 aliphatic rings. The topological polar surface area (TPSA) is 78.9 Å². The maximum Gasteiger partial charge on any atom is 0.338 e. The van der Waals surface area contributed by atoms with Crippen LogP contribution in [0.1, 0.15) is 34.1 Å².